The summed E-state index contributed by atoms with van der Waals surface area (Å²) in [4.78, 5) is 8.42. The molecule has 0 spiro atoms. The van der Waals surface area contributed by atoms with Gasteiger partial charge < -0.3 is 5.32 Å². The normalized spacial score (nSPS) is 10.6. The van der Waals surface area contributed by atoms with Crippen molar-refractivity contribution in [1.82, 2.24) is 30.3 Å². The number of hydrogen-bond donors (Lipinski definition) is 1. The molecule has 0 saturated carbocycles. The van der Waals surface area contributed by atoms with E-state index >= 15 is 0 Å². The standard InChI is InChI=1S/C10H14N6/c1-8-3-13-9(6-12-8)4-11-5-10-7-16(2)15-14-10/h3,6-7,11H,4-5H2,1-2H3. The highest BCUT2D eigenvalue weighted by molar-refractivity contribution is 5.00. The minimum Gasteiger partial charge on any atom is -0.305 e. The van der Waals surface area contributed by atoms with Gasteiger partial charge in [0.25, 0.3) is 0 Å². The molecule has 1 N–H and O–H groups in total. The summed E-state index contributed by atoms with van der Waals surface area (Å²) in [5, 5.41) is 11.1. The first-order chi connectivity index (χ1) is 7.74. The van der Waals surface area contributed by atoms with E-state index in [0.29, 0.717) is 13.1 Å². The Morgan fingerprint density at radius 2 is 2.00 bits per heavy atom. The lowest BCUT2D eigenvalue weighted by Gasteiger charge is -2.01. The molecule has 0 aliphatic rings. The molecule has 0 aromatic carbocycles. The van der Waals surface area contributed by atoms with Gasteiger partial charge in [-0.15, -0.1) is 5.10 Å². The number of nitrogens with zero attached hydrogens (tertiary/aromatic N) is 5. The van der Waals surface area contributed by atoms with Crippen LogP contribution in [0.15, 0.2) is 18.6 Å². The van der Waals surface area contributed by atoms with Crippen LogP contribution in [0.5, 0.6) is 0 Å². The Balaban J connectivity index is 1.82. The summed E-state index contributed by atoms with van der Waals surface area (Å²) in [5.74, 6) is 0. The quantitative estimate of drug-likeness (QED) is 0.794. The summed E-state index contributed by atoms with van der Waals surface area (Å²) in [7, 11) is 1.85. The van der Waals surface area contributed by atoms with Crippen molar-refractivity contribution in [3.05, 3.63) is 35.7 Å². The van der Waals surface area contributed by atoms with E-state index in [1.807, 2.05) is 20.2 Å². The van der Waals surface area contributed by atoms with Crippen molar-refractivity contribution < 1.29 is 0 Å². The first kappa shape index (κ1) is 10.7. The van der Waals surface area contributed by atoms with Gasteiger partial charge in [0.2, 0.25) is 0 Å². The first-order valence-corrected chi connectivity index (χ1v) is 5.07. The summed E-state index contributed by atoms with van der Waals surface area (Å²) in [6.45, 7) is 3.29. The molecule has 0 atom stereocenters. The van der Waals surface area contributed by atoms with Crippen LogP contribution in [0.1, 0.15) is 17.1 Å². The van der Waals surface area contributed by atoms with Gasteiger partial charge in [0.15, 0.2) is 0 Å². The molecule has 0 unspecified atom stereocenters. The molecule has 6 heteroatoms. The second-order valence-electron chi connectivity index (χ2n) is 3.64. The highest BCUT2D eigenvalue weighted by Crippen LogP contribution is 1.95. The maximum absolute atomic E-state index is 4.25. The molecule has 2 aromatic heterocycles. The van der Waals surface area contributed by atoms with Gasteiger partial charge in [-0.1, -0.05) is 5.21 Å². The van der Waals surface area contributed by atoms with Crippen LogP contribution in [0, 0.1) is 6.92 Å². The van der Waals surface area contributed by atoms with E-state index in [1.165, 1.54) is 0 Å². The summed E-state index contributed by atoms with van der Waals surface area (Å²) in [5.41, 5.74) is 2.77. The van der Waals surface area contributed by atoms with E-state index in [9.17, 15) is 0 Å². The Labute approximate surface area is 93.7 Å². The molecule has 2 heterocycles. The Bertz CT molecular complexity index is 447. The molecule has 2 rings (SSSR count). The van der Waals surface area contributed by atoms with Crippen LogP contribution >= 0.6 is 0 Å². The van der Waals surface area contributed by atoms with E-state index in [4.69, 9.17) is 0 Å². The van der Waals surface area contributed by atoms with Crippen molar-refractivity contribution in [3.8, 4) is 0 Å². The zero-order chi connectivity index (χ0) is 11.4. The third kappa shape index (κ3) is 2.83. The Kier molecular flexibility index (Phi) is 3.21. The van der Waals surface area contributed by atoms with Crippen LogP contribution in [0.4, 0.5) is 0 Å². The molecule has 0 saturated heterocycles. The molecule has 6 nitrogen and oxygen atoms in total. The maximum atomic E-state index is 4.25. The Morgan fingerprint density at radius 3 is 2.62 bits per heavy atom. The van der Waals surface area contributed by atoms with Crippen molar-refractivity contribution >= 4 is 0 Å². The lowest BCUT2D eigenvalue weighted by molar-refractivity contribution is 0.660. The second-order valence-corrected chi connectivity index (χ2v) is 3.64. The van der Waals surface area contributed by atoms with Gasteiger partial charge >= 0.3 is 0 Å². The van der Waals surface area contributed by atoms with Crippen molar-refractivity contribution in [2.45, 2.75) is 20.0 Å². The third-order valence-electron chi connectivity index (χ3n) is 2.10. The highest BCUT2D eigenvalue weighted by Gasteiger charge is 1.98. The van der Waals surface area contributed by atoms with Gasteiger partial charge in [-0.05, 0) is 6.92 Å². The van der Waals surface area contributed by atoms with E-state index in [-0.39, 0.29) is 0 Å². The van der Waals surface area contributed by atoms with Gasteiger partial charge in [0, 0.05) is 38.7 Å². The maximum Gasteiger partial charge on any atom is 0.0964 e. The molecule has 0 aliphatic carbocycles. The van der Waals surface area contributed by atoms with Gasteiger partial charge in [-0.25, -0.2) is 0 Å². The van der Waals surface area contributed by atoms with Crippen LogP contribution in [0.25, 0.3) is 0 Å². The fourth-order valence-electron chi connectivity index (χ4n) is 1.31. The number of rotatable bonds is 4. The molecule has 2 aromatic rings. The topological polar surface area (TPSA) is 68.5 Å². The van der Waals surface area contributed by atoms with Crippen LogP contribution in [-0.4, -0.2) is 25.0 Å². The fraction of sp³-hybridized carbons (Fsp3) is 0.400. The third-order valence-corrected chi connectivity index (χ3v) is 2.10. The van der Waals surface area contributed by atoms with Crippen molar-refractivity contribution in [2.24, 2.45) is 7.05 Å². The van der Waals surface area contributed by atoms with Crippen LogP contribution in [-0.2, 0) is 20.1 Å². The molecule has 0 fully saturated rings. The zero-order valence-corrected chi connectivity index (χ0v) is 9.38. The summed E-state index contributed by atoms with van der Waals surface area (Å²) >= 11 is 0. The van der Waals surface area contributed by atoms with E-state index < -0.39 is 0 Å². The van der Waals surface area contributed by atoms with Gasteiger partial charge in [0.05, 0.1) is 17.1 Å². The van der Waals surface area contributed by atoms with Gasteiger partial charge in [-0.2, -0.15) is 0 Å². The summed E-state index contributed by atoms with van der Waals surface area (Å²) < 4.78 is 1.68. The molecular formula is C10H14N6. The van der Waals surface area contributed by atoms with Crippen molar-refractivity contribution in [2.75, 3.05) is 0 Å². The number of nitrogens with one attached hydrogen (secondary N) is 1. The molecule has 0 amide bonds. The average molecular weight is 218 g/mol. The van der Waals surface area contributed by atoms with E-state index in [0.717, 1.165) is 17.1 Å². The van der Waals surface area contributed by atoms with Crippen molar-refractivity contribution in [3.63, 3.8) is 0 Å². The van der Waals surface area contributed by atoms with Crippen LogP contribution in [0.3, 0.4) is 0 Å². The largest absolute Gasteiger partial charge is 0.305 e. The summed E-state index contributed by atoms with van der Waals surface area (Å²) in [6.07, 6.45) is 5.42. The Morgan fingerprint density at radius 1 is 1.19 bits per heavy atom. The van der Waals surface area contributed by atoms with E-state index in [2.05, 4.69) is 25.6 Å². The zero-order valence-electron chi connectivity index (χ0n) is 9.38. The van der Waals surface area contributed by atoms with Crippen molar-refractivity contribution in [1.29, 1.82) is 0 Å². The highest BCUT2D eigenvalue weighted by atomic mass is 15.4. The smallest absolute Gasteiger partial charge is 0.0964 e. The average Bonchev–Trinajstić information content (AvgIpc) is 2.67. The molecule has 84 valence electrons. The number of hydrogen-bond acceptors (Lipinski definition) is 5. The Hall–Kier alpha value is -1.82. The fourth-order valence-corrected chi connectivity index (χ4v) is 1.31. The number of aryl methyl sites for hydroxylation is 2. The molecule has 0 aliphatic heterocycles. The molecular weight excluding hydrogens is 204 g/mol. The van der Waals surface area contributed by atoms with Crippen LogP contribution < -0.4 is 5.32 Å². The van der Waals surface area contributed by atoms with Gasteiger partial charge in [-0.3, -0.25) is 14.6 Å². The predicted octanol–water partition coefficient (Wildman–Crippen LogP) is 0.203. The monoisotopic (exact) mass is 218 g/mol. The van der Waals surface area contributed by atoms with Crippen LogP contribution in [0.2, 0.25) is 0 Å². The van der Waals surface area contributed by atoms with Gasteiger partial charge in [0.1, 0.15) is 0 Å². The predicted molar refractivity (Wildman–Crippen MR) is 58.3 cm³/mol. The summed E-state index contributed by atoms with van der Waals surface area (Å²) in [6, 6.07) is 0. The SMILES string of the molecule is Cc1cnc(CNCc2cn(C)nn2)cn1. The minimum absolute atomic E-state index is 0.684. The lowest BCUT2D eigenvalue weighted by Crippen LogP contribution is -2.14. The molecule has 0 radical (unpaired) electrons. The first-order valence-electron chi connectivity index (χ1n) is 5.07. The van der Waals surface area contributed by atoms with E-state index in [1.54, 1.807) is 17.1 Å². The minimum atomic E-state index is 0.684. The lowest BCUT2D eigenvalue weighted by atomic mass is 10.4. The number of aromatic nitrogens is 5. The second kappa shape index (κ2) is 4.80. The molecule has 0 bridgehead atoms. The molecule has 16 heavy (non-hydrogen) atoms.